The Hall–Kier alpha value is -4.23. The van der Waals surface area contributed by atoms with Crippen LogP contribution in [0.4, 0.5) is 0 Å². The molecule has 3 aromatic carbocycles. The van der Waals surface area contributed by atoms with Gasteiger partial charge >= 0.3 is 0 Å². The fraction of sp³-hybridized carbons (Fsp3) is 0.324. The number of rotatable bonds is 8. The van der Waals surface area contributed by atoms with Gasteiger partial charge < -0.3 is 14.8 Å². The van der Waals surface area contributed by atoms with Crippen LogP contribution in [0.5, 0.6) is 0 Å². The number of aryl methyl sites for hydroxylation is 2. The van der Waals surface area contributed by atoms with Crippen molar-refractivity contribution >= 4 is 27.7 Å². The third-order valence-electron chi connectivity index (χ3n) is 8.44. The number of aromatic nitrogens is 3. The van der Waals surface area contributed by atoms with Crippen molar-refractivity contribution in [1.29, 1.82) is 0 Å². The van der Waals surface area contributed by atoms with Crippen molar-refractivity contribution in [2.75, 3.05) is 26.2 Å². The first-order chi connectivity index (χ1) is 20.0. The molecule has 1 fully saturated rings. The van der Waals surface area contributed by atoms with Gasteiger partial charge in [-0.1, -0.05) is 66.2 Å². The van der Waals surface area contributed by atoms with Crippen molar-refractivity contribution in [3.05, 3.63) is 106 Å². The SMILES string of the molecule is Cc1ccc(-n2nc(C(=O)NCCCN3CCC(Cc4ccccc4)CC3)c3c4ccccc4n(C)c3c2=O)cc1. The lowest BCUT2D eigenvalue weighted by Gasteiger charge is -2.32. The number of fused-ring (bicyclic) bond motifs is 3. The summed E-state index contributed by atoms with van der Waals surface area (Å²) in [7, 11) is 1.87. The highest BCUT2D eigenvalue weighted by molar-refractivity contribution is 6.16. The Kier molecular flexibility index (Phi) is 7.70. The molecule has 7 heteroatoms. The summed E-state index contributed by atoms with van der Waals surface area (Å²) >= 11 is 0. The van der Waals surface area contributed by atoms with E-state index >= 15 is 0 Å². The minimum atomic E-state index is -0.256. The molecule has 6 rings (SSSR count). The lowest BCUT2D eigenvalue weighted by molar-refractivity contribution is 0.0945. The molecule has 1 amide bonds. The third-order valence-corrected chi connectivity index (χ3v) is 8.44. The van der Waals surface area contributed by atoms with E-state index in [0.717, 1.165) is 54.9 Å². The number of carbonyl (C=O) groups is 1. The minimum Gasteiger partial charge on any atom is -0.351 e. The van der Waals surface area contributed by atoms with Crippen LogP contribution in [0.3, 0.4) is 0 Å². The standard InChI is InChI=1S/C34H37N5O2/c1-24-13-15-27(16-14-24)39-34(41)32-30(28-11-6-7-12-29(28)37(32)2)31(36-39)33(40)35-19-8-20-38-21-17-26(18-22-38)23-25-9-4-3-5-10-25/h3-7,9-16,26H,8,17-23H2,1-2H3,(H,35,40). The summed E-state index contributed by atoms with van der Waals surface area (Å²) in [6.07, 6.45) is 4.45. The number of carbonyl (C=O) groups excluding carboxylic acids is 1. The van der Waals surface area contributed by atoms with E-state index < -0.39 is 0 Å². The summed E-state index contributed by atoms with van der Waals surface area (Å²) in [5.74, 6) is 0.487. The Morgan fingerprint density at radius 2 is 1.66 bits per heavy atom. The van der Waals surface area contributed by atoms with Gasteiger partial charge in [0.1, 0.15) is 5.52 Å². The van der Waals surface area contributed by atoms with Gasteiger partial charge in [-0.3, -0.25) is 9.59 Å². The number of likely N-dealkylation sites (tertiary alicyclic amines) is 1. The van der Waals surface area contributed by atoms with Gasteiger partial charge in [0.15, 0.2) is 5.69 Å². The van der Waals surface area contributed by atoms with Gasteiger partial charge in [-0.05, 0) is 81.9 Å². The lowest BCUT2D eigenvalue weighted by atomic mass is 9.90. The van der Waals surface area contributed by atoms with Crippen LogP contribution in [0.1, 0.15) is 40.9 Å². The number of nitrogens with one attached hydrogen (secondary N) is 1. The monoisotopic (exact) mass is 547 g/mol. The zero-order valence-corrected chi connectivity index (χ0v) is 23.8. The van der Waals surface area contributed by atoms with Crippen LogP contribution in [-0.4, -0.2) is 51.3 Å². The molecule has 0 bridgehead atoms. The highest BCUT2D eigenvalue weighted by atomic mass is 16.2. The van der Waals surface area contributed by atoms with Gasteiger partial charge in [0.05, 0.1) is 5.69 Å². The van der Waals surface area contributed by atoms with Crippen LogP contribution in [0.25, 0.3) is 27.5 Å². The van der Waals surface area contributed by atoms with E-state index in [1.165, 1.54) is 23.1 Å². The van der Waals surface area contributed by atoms with Crippen molar-refractivity contribution in [3.8, 4) is 5.69 Å². The molecule has 1 saturated heterocycles. The van der Waals surface area contributed by atoms with Gasteiger partial charge in [-0.15, -0.1) is 0 Å². The summed E-state index contributed by atoms with van der Waals surface area (Å²) in [6, 6.07) is 26.2. The molecular formula is C34H37N5O2. The molecule has 1 aliphatic heterocycles. The molecule has 0 saturated carbocycles. The van der Waals surface area contributed by atoms with Gasteiger partial charge in [0.25, 0.3) is 11.5 Å². The molecule has 210 valence electrons. The van der Waals surface area contributed by atoms with Crippen LogP contribution >= 0.6 is 0 Å². The van der Waals surface area contributed by atoms with Gasteiger partial charge in [-0.25, -0.2) is 0 Å². The first-order valence-corrected chi connectivity index (χ1v) is 14.6. The molecule has 5 aromatic rings. The summed E-state index contributed by atoms with van der Waals surface area (Å²) in [6.45, 7) is 5.72. The fourth-order valence-corrected chi connectivity index (χ4v) is 6.15. The van der Waals surface area contributed by atoms with Crippen LogP contribution < -0.4 is 10.9 Å². The number of nitrogens with zero attached hydrogens (tertiary/aromatic N) is 4. The maximum absolute atomic E-state index is 13.7. The zero-order valence-electron chi connectivity index (χ0n) is 23.8. The van der Waals surface area contributed by atoms with Crippen molar-refractivity contribution < 1.29 is 4.79 Å². The summed E-state index contributed by atoms with van der Waals surface area (Å²) in [4.78, 5) is 29.8. The highest BCUT2D eigenvalue weighted by Gasteiger charge is 2.24. The van der Waals surface area contributed by atoms with Crippen LogP contribution in [-0.2, 0) is 13.5 Å². The summed E-state index contributed by atoms with van der Waals surface area (Å²) < 4.78 is 3.23. The van der Waals surface area contributed by atoms with Crippen molar-refractivity contribution in [2.45, 2.75) is 32.6 Å². The maximum atomic E-state index is 13.7. The number of para-hydroxylation sites is 1. The van der Waals surface area contributed by atoms with E-state index in [0.29, 0.717) is 23.1 Å². The zero-order chi connectivity index (χ0) is 28.3. The molecular weight excluding hydrogens is 510 g/mol. The van der Waals surface area contributed by atoms with Crippen LogP contribution in [0, 0.1) is 12.8 Å². The number of piperidine rings is 1. The van der Waals surface area contributed by atoms with E-state index in [-0.39, 0.29) is 17.2 Å². The molecule has 1 aliphatic rings. The van der Waals surface area contributed by atoms with E-state index in [4.69, 9.17) is 0 Å². The van der Waals surface area contributed by atoms with Crippen molar-refractivity contribution in [1.82, 2.24) is 24.6 Å². The predicted octanol–water partition coefficient (Wildman–Crippen LogP) is 5.26. The smallest absolute Gasteiger partial charge is 0.296 e. The number of hydrogen-bond donors (Lipinski definition) is 1. The first kappa shape index (κ1) is 27.0. The molecule has 2 aromatic heterocycles. The molecule has 0 atom stereocenters. The number of hydrogen-bond acceptors (Lipinski definition) is 4. The average molecular weight is 548 g/mol. The van der Waals surface area contributed by atoms with Gasteiger partial charge in [-0.2, -0.15) is 9.78 Å². The largest absolute Gasteiger partial charge is 0.351 e. The number of amides is 1. The molecule has 41 heavy (non-hydrogen) atoms. The molecule has 0 radical (unpaired) electrons. The first-order valence-electron chi connectivity index (χ1n) is 14.6. The van der Waals surface area contributed by atoms with Gasteiger partial charge in [0, 0.05) is 29.9 Å². The molecule has 1 N–H and O–H groups in total. The van der Waals surface area contributed by atoms with Gasteiger partial charge in [0.2, 0.25) is 0 Å². The molecule has 7 nitrogen and oxygen atoms in total. The van der Waals surface area contributed by atoms with Crippen LogP contribution in [0.2, 0.25) is 0 Å². The van der Waals surface area contributed by atoms with E-state index in [9.17, 15) is 9.59 Å². The van der Waals surface area contributed by atoms with E-state index in [2.05, 4.69) is 45.6 Å². The minimum absolute atomic E-state index is 0.241. The quantitative estimate of drug-likeness (QED) is 0.269. The number of benzene rings is 3. The maximum Gasteiger partial charge on any atom is 0.296 e. The Morgan fingerprint density at radius 1 is 0.951 bits per heavy atom. The second kappa shape index (κ2) is 11.7. The summed E-state index contributed by atoms with van der Waals surface area (Å²) in [5.41, 5.74) is 4.56. The third kappa shape index (κ3) is 5.55. The van der Waals surface area contributed by atoms with Crippen molar-refractivity contribution in [3.63, 3.8) is 0 Å². The molecule has 3 heterocycles. The second-order valence-electron chi connectivity index (χ2n) is 11.3. The molecule has 0 aliphatic carbocycles. The van der Waals surface area contributed by atoms with E-state index in [1.807, 2.05) is 67.1 Å². The Labute approximate surface area is 240 Å². The highest BCUT2D eigenvalue weighted by Crippen LogP contribution is 2.28. The lowest BCUT2D eigenvalue weighted by Crippen LogP contribution is -2.37. The van der Waals surface area contributed by atoms with E-state index in [1.54, 1.807) is 0 Å². The molecule has 0 spiro atoms. The summed E-state index contributed by atoms with van der Waals surface area (Å²) in [5, 5.41) is 9.21. The van der Waals surface area contributed by atoms with Crippen molar-refractivity contribution in [2.24, 2.45) is 13.0 Å². The second-order valence-corrected chi connectivity index (χ2v) is 11.3. The topological polar surface area (TPSA) is 72.2 Å². The Balaban J connectivity index is 1.16. The normalized spacial score (nSPS) is 14.6. The van der Waals surface area contributed by atoms with Crippen LogP contribution in [0.15, 0.2) is 83.7 Å². The average Bonchev–Trinajstić information content (AvgIpc) is 3.30. The molecule has 0 unspecified atom stereocenters. The predicted molar refractivity (Wildman–Crippen MR) is 165 cm³/mol. The Morgan fingerprint density at radius 3 is 2.41 bits per heavy atom. The fourth-order valence-electron chi connectivity index (χ4n) is 6.15. The Bertz CT molecular complexity index is 1730.